The number of aromatic nitrogens is 4. The standard InChI is InChI=1S/C14H20N6/c1-12-3-2-4-13(11-12)20-9-7-19(8-10-20)6-5-14-15-17-18-16-14/h2-4,11H,5-10H2,1H3,(H,15,16,17,18). The van der Waals surface area contributed by atoms with Crippen molar-refractivity contribution in [3.8, 4) is 0 Å². The number of anilines is 1. The van der Waals surface area contributed by atoms with Gasteiger partial charge in [0.25, 0.3) is 0 Å². The Hall–Kier alpha value is -1.95. The highest BCUT2D eigenvalue weighted by Gasteiger charge is 2.17. The second-order valence-corrected chi connectivity index (χ2v) is 5.25. The van der Waals surface area contributed by atoms with Crippen molar-refractivity contribution in [3.05, 3.63) is 35.7 Å². The molecule has 3 rings (SSSR count). The molecule has 6 heteroatoms. The minimum absolute atomic E-state index is 0.797. The predicted molar refractivity (Wildman–Crippen MR) is 77.7 cm³/mol. The zero-order valence-corrected chi connectivity index (χ0v) is 11.8. The van der Waals surface area contributed by atoms with Crippen molar-refractivity contribution in [2.45, 2.75) is 13.3 Å². The topological polar surface area (TPSA) is 60.9 Å². The first kappa shape index (κ1) is 13.1. The lowest BCUT2D eigenvalue weighted by Crippen LogP contribution is -2.47. The first-order chi connectivity index (χ1) is 9.81. The maximum atomic E-state index is 3.99. The number of aromatic amines is 1. The lowest BCUT2D eigenvalue weighted by molar-refractivity contribution is 0.259. The Balaban J connectivity index is 1.49. The van der Waals surface area contributed by atoms with Gasteiger partial charge in [0.05, 0.1) is 0 Å². The molecule has 1 aliphatic heterocycles. The van der Waals surface area contributed by atoms with Crippen molar-refractivity contribution in [1.82, 2.24) is 25.5 Å². The number of hydrogen-bond donors (Lipinski definition) is 1. The molecule has 2 aromatic rings. The van der Waals surface area contributed by atoms with Crippen LogP contribution in [0.1, 0.15) is 11.4 Å². The molecule has 2 heterocycles. The number of H-pyrrole nitrogens is 1. The third-order valence-electron chi connectivity index (χ3n) is 3.78. The Labute approximate surface area is 118 Å². The molecule has 0 radical (unpaired) electrons. The largest absolute Gasteiger partial charge is 0.369 e. The summed E-state index contributed by atoms with van der Waals surface area (Å²) in [5.74, 6) is 0.797. The van der Waals surface area contributed by atoms with Crippen LogP contribution in [0.4, 0.5) is 5.69 Å². The number of rotatable bonds is 4. The normalized spacial score (nSPS) is 16.6. The van der Waals surface area contributed by atoms with Crippen molar-refractivity contribution in [1.29, 1.82) is 0 Å². The summed E-state index contributed by atoms with van der Waals surface area (Å²) in [6, 6.07) is 8.73. The summed E-state index contributed by atoms with van der Waals surface area (Å²) >= 11 is 0. The number of nitrogens with one attached hydrogen (secondary N) is 1. The third kappa shape index (κ3) is 3.14. The third-order valence-corrected chi connectivity index (χ3v) is 3.78. The molecule has 0 bridgehead atoms. The highest BCUT2D eigenvalue weighted by Crippen LogP contribution is 2.17. The maximum absolute atomic E-state index is 3.99. The Morgan fingerprint density at radius 1 is 1.20 bits per heavy atom. The summed E-state index contributed by atoms with van der Waals surface area (Å²) in [6.07, 6.45) is 0.862. The fraction of sp³-hybridized carbons (Fsp3) is 0.500. The van der Waals surface area contributed by atoms with Crippen molar-refractivity contribution in [3.63, 3.8) is 0 Å². The average molecular weight is 272 g/mol. The summed E-state index contributed by atoms with van der Waals surface area (Å²) in [7, 11) is 0. The summed E-state index contributed by atoms with van der Waals surface area (Å²) in [5.41, 5.74) is 2.66. The summed E-state index contributed by atoms with van der Waals surface area (Å²) in [4.78, 5) is 4.92. The van der Waals surface area contributed by atoms with Crippen molar-refractivity contribution in [2.24, 2.45) is 0 Å². The molecule has 6 nitrogen and oxygen atoms in total. The summed E-state index contributed by atoms with van der Waals surface area (Å²) in [6.45, 7) is 7.48. The number of hydrogen-bond acceptors (Lipinski definition) is 5. The molecule has 0 spiro atoms. The predicted octanol–water partition coefficient (Wildman–Crippen LogP) is 0.873. The molecule has 20 heavy (non-hydrogen) atoms. The van der Waals surface area contributed by atoms with Gasteiger partial charge < -0.3 is 4.90 Å². The fourth-order valence-electron chi connectivity index (χ4n) is 2.60. The Morgan fingerprint density at radius 3 is 2.75 bits per heavy atom. The zero-order chi connectivity index (χ0) is 13.8. The van der Waals surface area contributed by atoms with Crippen molar-refractivity contribution in [2.75, 3.05) is 37.6 Å². The van der Waals surface area contributed by atoms with Gasteiger partial charge in [0.1, 0.15) is 0 Å². The van der Waals surface area contributed by atoms with E-state index in [1.54, 1.807) is 0 Å². The van der Waals surface area contributed by atoms with Crippen LogP contribution < -0.4 is 4.90 Å². The minimum atomic E-state index is 0.797. The van der Waals surface area contributed by atoms with Crippen LogP contribution in [0.15, 0.2) is 24.3 Å². The van der Waals surface area contributed by atoms with Crippen LogP contribution in [-0.4, -0.2) is 58.2 Å². The lowest BCUT2D eigenvalue weighted by atomic mass is 10.2. The van der Waals surface area contributed by atoms with E-state index in [1.165, 1.54) is 11.3 Å². The van der Waals surface area contributed by atoms with Crippen LogP contribution in [0.25, 0.3) is 0 Å². The van der Waals surface area contributed by atoms with Gasteiger partial charge in [-0.25, -0.2) is 0 Å². The van der Waals surface area contributed by atoms with Gasteiger partial charge in [-0.15, -0.1) is 10.2 Å². The van der Waals surface area contributed by atoms with Crippen molar-refractivity contribution < 1.29 is 0 Å². The first-order valence-corrected chi connectivity index (χ1v) is 7.07. The van der Waals surface area contributed by atoms with Crippen LogP contribution in [0.5, 0.6) is 0 Å². The van der Waals surface area contributed by atoms with Gasteiger partial charge >= 0.3 is 0 Å². The molecule has 1 N–H and O–H groups in total. The molecular formula is C14H20N6. The monoisotopic (exact) mass is 272 g/mol. The van der Waals surface area contributed by atoms with Crippen LogP contribution in [-0.2, 0) is 6.42 Å². The van der Waals surface area contributed by atoms with Gasteiger partial charge in [0.15, 0.2) is 5.82 Å². The van der Waals surface area contributed by atoms with Gasteiger partial charge in [0.2, 0.25) is 0 Å². The molecule has 1 fully saturated rings. The van der Waals surface area contributed by atoms with E-state index in [-0.39, 0.29) is 0 Å². The number of nitrogens with zero attached hydrogens (tertiary/aromatic N) is 5. The van der Waals surface area contributed by atoms with E-state index in [4.69, 9.17) is 0 Å². The Kier molecular flexibility index (Phi) is 3.92. The van der Waals surface area contributed by atoms with Gasteiger partial charge in [-0.3, -0.25) is 4.90 Å². The van der Waals surface area contributed by atoms with Gasteiger partial charge in [0, 0.05) is 44.8 Å². The Bertz CT molecular complexity index is 530. The highest BCUT2D eigenvalue weighted by molar-refractivity contribution is 5.48. The molecule has 1 aliphatic rings. The molecule has 0 aliphatic carbocycles. The van der Waals surface area contributed by atoms with E-state index < -0.39 is 0 Å². The average Bonchev–Trinajstić information content (AvgIpc) is 2.99. The van der Waals surface area contributed by atoms with Gasteiger partial charge in [-0.05, 0) is 24.6 Å². The fourth-order valence-corrected chi connectivity index (χ4v) is 2.60. The van der Waals surface area contributed by atoms with Gasteiger partial charge in [-0.1, -0.05) is 17.3 Å². The molecule has 0 amide bonds. The van der Waals surface area contributed by atoms with E-state index in [0.717, 1.165) is 45.0 Å². The molecule has 106 valence electrons. The number of aryl methyl sites for hydroxylation is 1. The summed E-state index contributed by atoms with van der Waals surface area (Å²) in [5, 5.41) is 14.1. The molecule has 1 aromatic carbocycles. The molecule has 0 atom stereocenters. The number of tetrazole rings is 1. The molecule has 1 saturated heterocycles. The van der Waals surface area contributed by atoms with E-state index in [9.17, 15) is 0 Å². The highest BCUT2D eigenvalue weighted by atomic mass is 15.5. The van der Waals surface area contributed by atoms with Crippen LogP contribution in [0, 0.1) is 6.92 Å². The molecule has 1 aromatic heterocycles. The molecule has 0 unspecified atom stereocenters. The smallest absolute Gasteiger partial charge is 0.175 e. The van der Waals surface area contributed by atoms with E-state index in [2.05, 4.69) is 61.6 Å². The first-order valence-electron chi connectivity index (χ1n) is 7.07. The zero-order valence-electron chi connectivity index (χ0n) is 11.8. The van der Waals surface area contributed by atoms with E-state index >= 15 is 0 Å². The van der Waals surface area contributed by atoms with E-state index in [1.807, 2.05) is 0 Å². The SMILES string of the molecule is Cc1cccc(N2CCN(CCc3nn[nH]n3)CC2)c1. The quantitative estimate of drug-likeness (QED) is 0.895. The van der Waals surface area contributed by atoms with Crippen LogP contribution in [0.3, 0.4) is 0 Å². The summed E-state index contributed by atoms with van der Waals surface area (Å²) < 4.78 is 0. The van der Waals surface area contributed by atoms with Crippen LogP contribution in [0.2, 0.25) is 0 Å². The number of piperazine rings is 1. The van der Waals surface area contributed by atoms with Gasteiger partial charge in [-0.2, -0.15) is 5.21 Å². The second-order valence-electron chi connectivity index (χ2n) is 5.25. The lowest BCUT2D eigenvalue weighted by Gasteiger charge is -2.36. The van der Waals surface area contributed by atoms with Crippen LogP contribution >= 0.6 is 0 Å². The minimum Gasteiger partial charge on any atom is -0.369 e. The maximum Gasteiger partial charge on any atom is 0.175 e. The molecular weight excluding hydrogens is 252 g/mol. The van der Waals surface area contributed by atoms with E-state index in [0.29, 0.717) is 0 Å². The second kappa shape index (κ2) is 6.00. The Morgan fingerprint density at radius 2 is 2.05 bits per heavy atom. The van der Waals surface area contributed by atoms with Crippen molar-refractivity contribution >= 4 is 5.69 Å². The molecule has 0 saturated carbocycles. The number of benzene rings is 1.